The lowest BCUT2D eigenvalue weighted by molar-refractivity contribution is -0.113. The summed E-state index contributed by atoms with van der Waals surface area (Å²) < 4.78 is 1.54. The second-order valence-corrected chi connectivity index (χ2v) is 8.49. The van der Waals surface area contributed by atoms with Crippen molar-refractivity contribution in [3.8, 4) is 5.69 Å². The van der Waals surface area contributed by atoms with Crippen molar-refractivity contribution in [1.29, 1.82) is 0 Å². The predicted octanol–water partition coefficient (Wildman–Crippen LogP) is 5.25. The summed E-state index contributed by atoms with van der Waals surface area (Å²) in [5, 5.41) is 4.75. The fraction of sp³-hybridized carbons (Fsp3) is 0.0417. The van der Waals surface area contributed by atoms with E-state index in [1.807, 2.05) is 54.6 Å². The number of aromatic nitrogens is 3. The number of anilines is 1. The SMILES string of the molecule is O=C(CSc1nc2c([nH]c3ccccc32)c(=O)n1-c1ccccc1)Nc1ccc(Cl)cc1. The molecule has 0 bridgehead atoms. The third kappa shape index (κ3) is 3.88. The Morgan fingerprint density at radius 1 is 1.00 bits per heavy atom. The summed E-state index contributed by atoms with van der Waals surface area (Å²) in [6, 6.07) is 23.8. The molecular weight excluding hydrogens is 444 g/mol. The maximum atomic E-state index is 13.5. The van der Waals surface area contributed by atoms with E-state index in [9.17, 15) is 9.59 Å². The van der Waals surface area contributed by atoms with Crippen LogP contribution in [0.3, 0.4) is 0 Å². The highest BCUT2D eigenvalue weighted by molar-refractivity contribution is 7.99. The third-order valence-corrected chi connectivity index (χ3v) is 6.16. The number of hydrogen-bond donors (Lipinski definition) is 2. The number of carbonyl (C=O) groups is 1. The fourth-order valence-corrected chi connectivity index (χ4v) is 4.44. The molecule has 5 aromatic rings. The van der Waals surface area contributed by atoms with E-state index in [1.165, 1.54) is 16.3 Å². The van der Waals surface area contributed by atoms with Gasteiger partial charge in [-0.05, 0) is 42.5 Å². The quantitative estimate of drug-likeness (QED) is 0.277. The Labute approximate surface area is 192 Å². The molecule has 5 rings (SSSR count). The van der Waals surface area contributed by atoms with Crippen molar-refractivity contribution < 1.29 is 4.79 Å². The van der Waals surface area contributed by atoms with Crippen molar-refractivity contribution in [2.24, 2.45) is 0 Å². The van der Waals surface area contributed by atoms with Crippen LogP contribution in [0.1, 0.15) is 0 Å². The molecule has 0 aliphatic heterocycles. The van der Waals surface area contributed by atoms with Gasteiger partial charge in [0.15, 0.2) is 5.16 Å². The first-order chi connectivity index (χ1) is 15.6. The molecule has 1 amide bonds. The van der Waals surface area contributed by atoms with Crippen molar-refractivity contribution in [2.45, 2.75) is 5.16 Å². The van der Waals surface area contributed by atoms with Gasteiger partial charge in [0.2, 0.25) is 5.91 Å². The Hall–Kier alpha value is -3.55. The number of nitrogens with one attached hydrogen (secondary N) is 2. The fourth-order valence-electron chi connectivity index (χ4n) is 3.50. The first-order valence-corrected chi connectivity index (χ1v) is 11.2. The van der Waals surface area contributed by atoms with E-state index in [1.54, 1.807) is 24.3 Å². The predicted molar refractivity (Wildman–Crippen MR) is 130 cm³/mol. The van der Waals surface area contributed by atoms with E-state index in [-0.39, 0.29) is 17.2 Å². The van der Waals surface area contributed by atoms with Gasteiger partial charge >= 0.3 is 0 Å². The minimum Gasteiger partial charge on any atom is -0.349 e. The Morgan fingerprint density at radius 2 is 1.72 bits per heavy atom. The van der Waals surface area contributed by atoms with Gasteiger partial charge in [-0.1, -0.05) is 59.8 Å². The molecule has 0 fully saturated rings. The molecule has 0 spiro atoms. The summed E-state index contributed by atoms with van der Waals surface area (Å²) in [5.41, 5.74) is 3.00. The minimum absolute atomic E-state index is 0.0930. The van der Waals surface area contributed by atoms with Crippen molar-refractivity contribution in [3.63, 3.8) is 0 Å². The Morgan fingerprint density at radius 3 is 2.50 bits per heavy atom. The average Bonchev–Trinajstić information content (AvgIpc) is 3.19. The van der Waals surface area contributed by atoms with Gasteiger partial charge in [-0.15, -0.1) is 0 Å². The van der Waals surface area contributed by atoms with Crippen molar-refractivity contribution in [1.82, 2.24) is 14.5 Å². The number of H-pyrrole nitrogens is 1. The lowest BCUT2D eigenvalue weighted by Crippen LogP contribution is -2.23. The summed E-state index contributed by atoms with van der Waals surface area (Å²) in [4.78, 5) is 34.0. The van der Waals surface area contributed by atoms with E-state index in [4.69, 9.17) is 16.6 Å². The maximum absolute atomic E-state index is 13.5. The number of hydrogen-bond acceptors (Lipinski definition) is 4. The molecule has 158 valence electrons. The van der Waals surface area contributed by atoms with Crippen LogP contribution in [0.15, 0.2) is 88.8 Å². The zero-order chi connectivity index (χ0) is 22.1. The number of benzene rings is 3. The zero-order valence-corrected chi connectivity index (χ0v) is 18.3. The topological polar surface area (TPSA) is 79.8 Å². The number of nitrogens with zero attached hydrogens (tertiary/aromatic N) is 2. The molecule has 0 aliphatic carbocycles. The number of thioether (sulfide) groups is 1. The van der Waals surface area contributed by atoms with Gasteiger partial charge < -0.3 is 10.3 Å². The van der Waals surface area contributed by atoms with Crippen LogP contribution >= 0.6 is 23.4 Å². The molecule has 6 nitrogen and oxygen atoms in total. The van der Waals surface area contributed by atoms with Crippen LogP contribution in [0.5, 0.6) is 0 Å². The second-order valence-electron chi connectivity index (χ2n) is 7.11. The molecule has 0 aliphatic rings. The highest BCUT2D eigenvalue weighted by atomic mass is 35.5. The molecule has 2 N–H and O–H groups in total. The highest BCUT2D eigenvalue weighted by Gasteiger charge is 2.18. The summed E-state index contributed by atoms with van der Waals surface area (Å²) in [7, 11) is 0. The lowest BCUT2D eigenvalue weighted by Gasteiger charge is -2.12. The molecule has 2 heterocycles. The highest BCUT2D eigenvalue weighted by Crippen LogP contribution is 2.26. The summed E-state index contributed by atoms with van der Waals surface area (Å²) in [6.07, 6.45) is 0. The summed E-state index contributed by atoms with van der Waals surface area (Å²) >= 11 is 7.11. The van der Waals surface area contributed by atoms with Gasteiger partial charge in [0.1, 0.15) is 11.0 Å². The Bertz CT molecular complexity index is 1490. The van der Waals surface area contributed by atoms with Gasteiger partial charge in [0, 0.05) is 21.6 Å². The summed E-state index contributed by atoms with van der Waals surface area (Å²) in [6.45, 7) is 0. The zero-order valence-electron chi connectivity index (χ0n) is 16.7. The van der Waals surface area contributed by atoms with Crippen LogP contribution in [0, 0.1) is 0 Å². The molecule has 8 heteroatoms. The van der Waals surface area contributed by atoms with Crippen LogP contribution in [-0.2, 0) is 4.79 Å². The maximum Gasteiger partial charge on any atom is 0.283 e. The Balaban J connectivity index is 1.54. The third-order valence-electron chi connectivity index (χ3n) is 4.97. The number of rotatable bonds is 5. The molecular formula is C24H17ClN4O2S. The van der Waals surface area contributed by atoms with Gasteiger partial charge in [0.25, 0.3) is 5.56 Å². The number of amides is 1. The van der Waals surface area contributed by atoms with E-state index >= 15 is 0 Å². The smallest absolute Gasteiger partial charge is 0.283 e. The molecule has 0 saturated carbocycles. The van der Waals surface area contributed by atoms with E-state index in [0.29, 0.717) is 32.6 Å². The van der Waals surface area contributed by atoms with E-state index < -0.39 is 0 Å². The van der Waals surface area contributed by atoms with Crippen LogP contribution < -0.4 is 10.9 Å². The average molecular weight is 461 g/mol. The van der Waals surface area contributed by atoms with Crippen LogP contribution in [0.25, 0.3) is 27.6 Å². The summed E-state index contributed by atoms with van der Waals surface area (Å²) in [5.74, 6) is -0.110. The van der Waals surface area contributed by atoms with Crippen molar-refractivity contribution >= 4 is 56.9 Å². The van der Waals surface area contributed by atoms with Crippen LogP contribution in [0.4, 0.5) is 5.69 Å². The molecule has 3 aromatic carbocycles. The molecule has 0 saturated heterocycles. The monoisotopic (exact) mass is 460 g/mol. The number of fused-ring (bicyclic) bond motifs is 3. The Kier molecular flexibility index (Phi) is 5.43. The molecule has 0 atom stereocenters. The van der Waals surface area contributed by atoms with Gasteiger partial charge in [0.05, 0.1) is 11.4 Å². The van der Waals surface area contributed by atoms with Crippen molar-refractivity contribution in [3.05, 3.63) is 94.2 Å². The van der Waals surface area contributed by atoms with E-state index in [0.717, 1.165) is 10.9 Å². The van der Waals surface area contributed by atoms with Gasteiger partial charge in [-0.25, -0.2) is 4.98 Å². The minimum atomic E-state index is -0.210. The number of halogens is 1. The lowest BCUT2D eigenvalue weighted by atomic mass is 10.2. The van der Waals surface area contributed by atoms with Gasteiger partial charge in [-0.3, -0.25) is 14.2 Å². The van der Waals surface area contributed by atoms with Crippen molar-refractivity contribution in [2.75, 3.05) is 11.1 Å². The first kappa shape index (κ1) is 20.4. The molecule has 0 radical (unpaired) electrons. The number of aromatic amines is 1. The number of carbonyl (C=O) groups excluding carboxylic acids is 1. The first-order valence-electron chi connectivity index (χ1n) is 9.87. The second kappa shape index (κ2) is 8.53. The molecule has 2 aromatic heterocycles. The van der Waals surface area contributed by atoms with Crippen LogP contribution in [-0.4, -0.2) is 26.2 Å². The molecule has 0 unspecified atom stereocenters. The molecule has 32 heavy (non-hydrogen) atoms. The number of para-hydroxylation sites is 2. The van der Waals surface area contributed by atoms with Gasteiger partial charge in [-0.2, -0.15) is 0 Å². The normalized spacial score (nSPS) is 11.2. The van der Waals surface area contributed by atoms with E-state index in [2.05, 4.69) is 10.3 Å². The standard InChI is InChI=1S/C24H17ClN4O2S/c25-15-10-12-16(13-11-15)26-20(30)14-32-24-28-21-18-8-4-5-9-19(18)27-22(21)23(31)29(24)17-6-2-1-3-7-17/h1-13,27H,14H2,(H,26,30). The largest absolute Gasteiger partial charge is 0.349 e. The van der Waals surface area contributed by atoms with Crippen LogP contribution in [0.2, 0.25) is 5.02 Å².